The number of hydrogen-bond donors (Lipinski definition) is 0. The van der Waals surface area contributed by atoms with Gasteiger partial charge in [-0.15, -0.1) is 0 Å². The van der Waals surface area contributed by atoms with Gasteiger partial charge in [-0.2, -0.15) is 0 Å². The van der Waals surface area contributed by atoms with Gasteiger partial charge in [-0.1, -0.05) is 6.92 Å². The Labute approximate surface area is 129 Å². The molecule has 2 aliphatic rings. The number of rotatable bonds is 1. The number of piperazine rings is 1. The Balaban J connectivity index is 1.84. The zero-order valence-electron chi connectivity index (χ0n) is 14.4. The van der Waals surface area contributed by atoms with E-state index in [0.717, 1.165) is 32.1 Å². The lowest BCUT2D eigenvalue weighted by molar-refractivity contribution is -0.0115. The predicted octanol–water partition coefficient (Wildman–Crippen LogP) is 3.51. The first-order valence-electron chi connectivity index (χ1n) is 8.43. The largest absolute Gasteiger partial charge is 0.444 e. The Bertz CT molecular complexity index is 359. The summed E-state index contributed by atoms with van der Waals surface area (Å²) in [5, 5.41) is 0. The van der Waals surface area contributed by atoms with Crippen LogP contribution in [-0.2, 0) is 4.74 Å². The van der Waals surface area contributed by atoms with Gasteiger partial charge < -0.3 is 9.64 Å². The molecule has 4 nitrogen and oxygen atoms in total. The summed E-state index contributed by atoms with van der Waals surface area (Å²) >= 11 is 0. The first kappa shape index (κ1) is 16.6. The highest BCUT2D eigenvalue weighted by Crippen LogP contribution is 2.36. The van der Waals surface area contributed by atoms with Gasteiger partial charge in [0.15, 0.2) is 0 Å². The van der Waals surface area contributed by atoms with Crippen molar-refractivity contribution in [3.8, 4) is 0 Å². The number of carbonyl (C=O) groups excluding carboxylic acids is 1. The van der Waals surface area contributed by atoms with E-state index in [1.54, 1.807) is 0 Å². The fraction of sp³-hybridized carbons (Fsp3) is 0.941. The third-order valence-electron chi connectivity index (χ3n) is 5.05. The van der Waals surface area contributed by atoms with E-state index in [4.69, 9.17) is 4.74 Å². The van der Waals surface area contributed by atoms with Crippen molar-refractivity contribution in [1.29, 1.82) is 0 Å². The molecular formula is C17H32N2O2. The number of carbonyl (C=O) groups is 1. The van der Waals surface area contributed by atoms with Gasteiger partial charge in [0, 0.05) is 31.7 Å². The van der Waals surface area contributed by atoms with Gasteiger partial charge in [-0.25, -0.2) is 4.79 Å². The molecule has 2 rings (SSSR count). The van der Waals surface area contributed by atoms with Gasteiger partial charge in [-0.05, 0) is 59.3 Å². The van der Waals surface area contributed by atoms with Crippen molar-refractivity contribution in [1.82, 2.24) is 9.80 Å². The highest BCUT2D eigenvalue weighted by atomic mass is 16.6. The molecular weight excluding hydrogens is 264 g/mol. The van der Waals surface area contributed by atoms with Crippen molar-refractivity contribution < 1.29 is 9.53 Å². The van der Waals surface area contributed by atoms with Gasteiger partial charge in [0.1, 0.15) is 5.60 Å². The van der Waals surface area contributed by atoms with E-state index in [1.165, 1.54) is 25.7 Å². The first-order chi connectivity index (χ1) is 9.70. The van der Waals surface area contributed by atoms with E-state index in [2.05, 4.69) is 18.7 Å². The maximum atomic E-state index is 12.1. The Kier molecular flexibility index (Phi) is 4.86. The van der Waals surface area contributed by atoms with Crippen molar-refractivity contribution in [3.05, 3.63) is 0 Å². The third kappa shape index (κ3) is 4.35. The Morgan fingerprint density at radius 1 is 1.10 bits per heavy atom. The van der Waals surface area contributed by atoms with Crippen LogP contribution in [0.1, 0.15) is 60.3 Å². The van der Waals surface area contributed by atoms with Crippen LogP contribution in [0.3, 0.4) is 0 Å². The van der Waals surface area contributed by atoms with Gasteiger partial charge >= 0.3 is 6.09 Å². The van der Waals surface area contributed by atoms with Crippen LogP contribution in [0.2, 0.25) is 0 Å². The minimum Gasteiger partial charge on any atom is -0.444 e. The summed E-state index contributed by atoms with van der Waals surface area (Å²) in [5.74, 6) is 0.876. The maximum Gasteiger partial charge on any atom is 0.410 e. The number of hydrogen-bond acceptors (Lipinski definition) is 3. The first-order valence-corrected chi connectivity index (χ1v) is 8.43. The molecule has 122 valence electrons. The standard InChI is InChI=1S/C17H32N2O2/c1-14-6-8-17(5,9-7-14)19-12-10-18(11-13-19)15(20)21-16(2,3)4/h14H,6-13H2,1-5H3. The molecule has 1 saturated heterocycles. The van der Waals surface area contributed by atoms with Crippen molar-refractivity contribution in [2.24, 2.45) is 5.92 Å². The maximum absolute atomic E-state index is 12.1. The molecule has 2 fully saturated rings. The number of ether oxygens (including phenoxy) is 1. The zero-order valence-corrected chi connectivity index (χ0v) is 14.4. The molecule has 1 amide bonds. The van der Waals surface area contributed by atoms with E-state index in [-0.39, 0.29) is 6.09 Å². The van der Waals surface area contributed by atoms with Crippen LogP contribution < -0.4 is 0 Å². The topological polar surface area (TPSA) is 32.8 Å². The fourth-order valence-corrected chi connectivity index (χ4v) is 3.46. The molecule has 1 aliphatic heterocycles. The van der Waals surface area contributed by atoms with E-state index in [9.17, 15) is 4.79 Å². The van der Waals surface area contributed by atoms with E-state index >= 15 is 0 Å². The molecule has 1 saturated carbocycles. The SMILES string of the molecule is CC1CCC(C)(N2CCN(C(=O)OC(C)(C)C)CC2)CC1. The molecule has 0 atom stereocenters. The Morgan fingerprint density at radius 3 is 2.10 bits per heavy atom. The van der Waals surface area contributed by atoms with Crippen molar-refractivity contribution in [3.63, 3.8) is 0 Å². The second kappa shape index (κ2) is 6.15. The van der Waals surface area contributed by atoms with Gasteiger partial charge in [0.25, 0.3) is 0 Å². The number of amides is 1. The fourth-order valence-electron chi connectivity index (χ4n) is 3.46. The molecule has 0 aromatic heterocycles. The molecule has 1 aliphatic carbocycles. The van der Waals surface area contributed by atoms with Gasteiger partial charge in [0.05, 0.1) is 0 Å². The highest BCUT2D eigenvalue weighted by molar-refractivity contribution is 5.68. The lowest BCUT2D eigenvalue weighted by atomic mass is 9.77. The molecule has 0 radical (unpaired) electrons. The molecule has 0 unspecified atom stereocenters. The lowest BCUT2D eigenvalue weighted by Crippen LogP contribution is -2.58. The van der Waals surface area contributed by atoms with E-state index < -0.39 is 5.60 Å². The van der Waals surface area contributed by atoms with E-state index in [1.807, 2.05) is 25.7 Å². The van der Waals surface area contributed by atoms with Crippen LogP contribution in [0.15, 0.2) is 0 Å². The van der Waals surface area contributed by atoms with Gasteiger partial charge in [0.2, 0.25) is 0 Å². The molecule has 0 N–H and O–H groups in total. The number of nitrogens with zero attached hydrogens (tertiary/aromatic N) is 2. The monoisotopic (exact) mass is 296 g/mol. The smallest absolute Gasteiger partial charge is 0.410 e. The molecule has 0 spiro atoms. The second-order valence-electron chi connectivity index (χ2n) is 8.13. The molecule has 21 heavy (non-hydrogen) atoms. The Morgan fingerprint density at radius 2 is 1.62 bits per heavy atom. The van der Waals surface area contributed by atoms with Gasteiger partial charge in [-0.3, -0.25) is 4.90 Å². The summed E-state index contributed by atoms with van der Waals surface area (Å²) in [6.07, 6.45) is 5.09. The summed E-state index contributed by atoms with van der Waals surface area (Å²) in [5.41, 5.74) is -0.0633. The minimum atomic E-state index is -0.403. The molecule has 4 heteroatoms. The van der Waals surface area contributed by atoms with E-state index in [0.29, 0.717) is 5.54 Å². The summed E-state index contributed by atoms with van der Waals surface area (Å²) in [4.78, 5) is 16.6. The molecule has 0 bridgehead atoms. The average molecular weight is 296 g/mol. The normalized spacial score (nSPS) is 32.0. The highest BCUT2D eigenvalue weighted by Gasteiger charge is 2.37. The molecule has 0 aromatic rings. The molecule has 1 heterocycles. The lowest BCUT2D eigenvalue weighted by Gasteiger charge is -2.48. The Hall–Kier alpha value is -0.770. The van der Waals surface area contributed by atoms with Crippen LogP contribution >= 0.6 is 0 Å². The van der Waals surface area contributed by atoms with Crippen LogP contribution in [0.5, 0.6) is 0 Å². The minimum absolute atomic E-state index is 0.162. The average Bonchev–Trinajstić information content (AvgIpc) is 2.41. The van der Waals surface area contributed by atoms with Crippen molar-refractivity contribution in [2.75, 3.05) is 26.2 Å². The summed E-state index contributed by atoms with van der Waals surface area (Å²) in [6, 6.07) is 0. The predicted molar refractivity (Wildman–Crippen MR) is 85.4 cm³/mol. The van der Waals surface area contributed by atoms with Crippen LogP contribution in [0.25, 0.3) is 0 Å². The summed E-state index contributed by atoms with van der Waals surface area (Å²) in [7, 11) is 0. The summed E-state index contributed by atoms with van der Waals surface area (Å²) in [6.45, 7) is 14.1. The van der Waals surface area contributed by atoms with Crippen molar-refractivity contribution >= 4 is 6.09 Å². The third-order valence-corrected chi connectivity index (χ3v) is 5.05. The van der Waals surface area contributed by atoms with Crippen LogP contribution in [0.4, 0.5) is 4.79 Å². The molecule has 0 aromatic carbocycles. The van der Waals surface area contributed by atoms with Crippen molar-refractivity contribution in [2.45, 2.75) is 71.4 Å². The second-order valence-corrected chi connectivity index (χ2v) is 8.13. The quantitative estimate of drug-likeness (QED) is 0.742. The summed E-state index contributed by atoms with van der Waals surface area (Å²) < 4.78 is 5.47. The zero-order chi connectivity index (χ0) is 15.7. The van der Waals surface area contributed by atoms with Crippen LogP contribution in [0, 0.1) is 5.92 Å². The van der Waals surface area contributed by atoms with Crippen LogP contribution in [-0.4, -0.2) is 53.2 Å².